The van der Waals surface area contributed by atoms with E-state index in [0.717, 1.165) is 6.42 Å². The number of rotatable bonds is 3. The number of carbonyl (C=O) groups is 2. The third-order valence-electron chi connectivity index (χ3n) is 2.50. The lowest BCUT2D eigenvalue weighted by Gasteiger charge is -2.17. The normalized spacial score (nSPS) is 24.2. The Kier molecular flexibility index (Phi) is 3.98. The lowest BCUT2D eigenvalue weighted by Crippen LogP contribution is -2.45. The van der Waals surface area contributed by atoms with Crippen LogP contribution < -0.4 is 10.6 Å². The number of carbonyl (C=O) groups excluding carboxylic acids is 1. The Labute approximate surface area is 88.2 Å². The Balaban J connectivity index is 2.40. The first-order valence-electron chi connectivity index (χ1n) is 4.85. The van der Waals surface area contributed by atoms with Crippen molar-refractivity contribution in [3.63, 3.8) is 0 Å². The fraction of sp³-hybridized carbons (Fsp3) is 0.600. The molecule has 0 heterocycles. The number of urea groups is 1. The molecule has 0 unspecified atom stereocenters. The second-order valence-corrected chi connectivity index (χ2v) is 3.51. The molecule has 1 saturated carbocycles. The first kappa shape index (κ1) is 11.4. The predicted octanol–water partition coefficient (Wildman–Crippen LogP) is 0.172. The molecule has 15 heavy (non-hydrogen) atoms. The number of nitrogens with one attached hydrogen (secondary N) is 2. The van der Waals surface area contributed by atoms with E-state index in [1.165, 1.54) is 0 Å². The average molecular weight is 210 g/mol. The zero-order valence-corrected chi connectivity index (χ0v) is 8.32. The van der Waals surface area contributed by atoms with Crippen molar-refractivity contribution in [2.45, 2.75) is 25.3 Å². The first-order valence-corrected chi connectivity index (χ1v) is 4.85. The zero-order chi connectivity index (χ0) is 11.3. The van der Waals surface area contributed by atoms with Crippen molar-refractivity contribution in [2.75, 3.05) is 6.54 Å². The molecule has 3 N–H and O–H groups in total. The lowest BCUT2D eigenvalue weighted by atomic mass is 10.0. The summed E-state index contributed by atoms with van der Waals surface area (Å²) in [6.45, 7) is 0.149. The summed E-state index contributed by atoms with van der Waals surface area (Å²) in [5.41, 5.74) is 0. The monoisotopic (exact) mass is 210 g/mol. The minimum atomic E-state index is -0.852. The van der Waals surface area contributed by atoms with Gasteiger partial charge in [-0.3, -0.25) is 4.79 Å². The highest BCUT2D eigenvalue weighted by Gasteiger charge is 2.33. The van der Waals surface area contributed by atoms with E-state index in [1.54, 1.807) is 0 Å². The Bertz CT molecular complexity index is 296. The SMILES string of the molecule is C#CCNC(=O)N[C@H]1CCC[C@H]1C(=O)O. The van der Waals surface area contributed by atoms with Crippen LogP contribution in [0.25, 0.3) is 0 Å². The van der Waals surface area contributed by atoms with Gasteiger partial charge < -0.3 is 15.7 Å². The van der Waals surface area contributed by atoms with E-state index in [9.17, 15) is 9.59 Å². The standard InChI is InChI=1S/C10H14N2O3/c1-2-6-11-10(15)12-8-5-3-4-7(8)9(13)14/h1,7-8H,3-6H2,(H,13,14)(H2,11,12,15)/t7-,8+/m1/s1. The molecule has 5 nitrogen and oxygen atoms in total. The van der Waals surface area contributed by atoms with Gasteiger partial charge in [0.25, 0.3) is 0 Å². The van der Waals surface area contributed by atoms with Crippen LogP contribution in [0.3, 0.4) is 0 Å². The van der Waals surface area contributed by atoms with Crippen LogP contribution in [0.1, 0.15) is 19.3 Å². The molecule has 0 aromatic rings. The highest BCUT2D eigenvalue weighted by molar-refractivity contribution is 5.77. The second kappa shape index (κ2) is 5.25. The van der Waals surface area contributed by atoms with Crippen LogP contribution in [0.15, 0.2) is 0 Å². The summed E-state index contributed by atoms with van der Waals surface area (Å²) >= 11 is 0. The van der Waals surface area contributed by atoms with Crippen molar-refractivity contribution < 1.29 is 14.7 Å². The van der Waals surface area contributed by atoms with E-state index in [0.29, 0.717) is 12.8 Å². The molecular weight excluding hydrogens is 196 g/mol. The lowest BCUT2D eigenvalue weighted by molar-refractivity contribution is -0.142. The number of carboxylic acid groups (broad SMARTS) is 1. The maximum atomic E-state index is 11.2. The fourth-order valence-corrected chi connectivity index (χ4v) is 1.78. The fourth-order valence-electron chi connectivity index (χ4n) is 1.78. The van der Waals surface area contributed by atoms with Crippen LogP contribution >= 0.6 is 0 Å². The highest BCUT2D eigenvalue weighted by Crippen LogP contribution is 2.25. The van der Waals surface area contributed by atoms with Gasteiger partial charge in [-0.05, 0) is 12.8 Å². The summed E-state index contributed by atoms with van der Waals surface area (Å²) in [6, 6.07) is -0.675. The van der Waals surface area contributed by atoms with Crippen LogP contribution in [-0.2, 0) is 4.79 Å². The van der Waals surface area contributed by atoms with Crippen molar-refractivity contribution >= 4 is 12.0 Å². The van der Waals surface area contributed by atoms with Crippen molar-refractivity contribution in [3.8, 4) is 12.3 Å². The number of aliphatic carboxylic acids is 1. The minimum Gasteiger partial charge on any atom is -0.481 e. The van der Waals surface area contributed by atoms with E-state index in [1.807, 2.05) is 0 Å². The van der Waals surface area contributed by atoms with Gasteiger partial charge >= 0.3 is 12.0 Å². The molecule has 0 spiro atoms. The Morgan fingerprint density at radius 1 is 1.47 bits per heavy atom. The molecule has 1 rings (SSSR count). The maximum absolute atomic E-state index is 11.2. The molecule has 82 valence electrons. The quantitative estimate of drug-likeness (QED) is 0.581. The smallest absolute Gasteiger partial charge is 0.315 e. The third kappa shape index (κ3) is 3.17. The molecule has 0 saturated heterocycles. The minimum absolute atomic E-state index is 0.149. The largest absolute Gasteiger partial charge is 0.481 e. The van der Waals surface area contributed by atoms with Gasteiger partial charge in [0.05, 0.1) is 12.5 Å². The van der Waals surface area contributed by atoms with Gasteiger partial charge in [-0.2, -0.15) is 0 Å². The van der Waals surface area contributed by atoms with E-state index in [-0.39, 0.29) is 12.6 Å². The van der Waals surface area contributed by atoms with Crippen molar-refractivity contribution in [1.82, 2.24) is 10.6 Å². The van der Waals surface area contributed by atoms with Gasteiger partial charge in [-0.15, -0.1) is 6.42 Å². The zero-order valence-electron chi connectivity index (χ0n) is 8.32. The van der Waals surface area contributed by atoms with E-state index >= 15 is 0 Å². The van der Waals surface area contributed by atoms with Crippen molar-refractivity contribution in [2.24, 2.45) is 5.92 Å². The molecule has 0 bridgehead atoms. The van der Waals surface area contributed by atoms with Crippen molar-refractivity contribution in [3.05, 3.63) is 0 Å². The number of carboxylic acids is 1. The number of amides is 2. The molecule has 1 aliphatic rings. The number of hydrogen-bond donors (Lipinski definition) is 3. The van der Waals surface area contributed by atoms with E-state index in [2.05, 4.69) is 16.6 Å². The first-order chi connectivity index (χ1) is 7.15. The molecular formula is C10H14N2O3. The second-order valence-electron chi connectivity index (χ2n) is 3.51. The van der Waals surface area contributed by atoms with Crippen LogP contribution in [0.5, 0.6) is 0 Å². The molecule has 2 amide bonds. The van der Waals surface area contributed by atoms with Crippen molar-refractivity contribution in [1.29, 1.82) is 0 Å². The molecule has 0 radical (unpaired) electrons. The molecule has 5 heteroatoms. The number of hydrogen-bond acceptors (Lipinski definition) is 2. The summed E-state index contributed by atoms with van der Waals surface area (Å²) in [4.78, 5) is 22.0. The molecule has 1 fully saturated rings. The molecule has 0 aliphatic heterocycles. The Morgan fingerprint density at radius 2 is 2.20 bits per heavy atom. The molecule has 2 atom stereocenters. The maximum Gasteiger partial charge on any atom is 0.315 e. The average Bonchev–Trinajstić information content (AvgIpc) is 2.62. The van der Waals surface area contributed by atoms with Crippen LogP contribution in [-0.4, -0.2) is 29.7 Å². The van der Waals surface area contributed by atoms with Gasteiger partial charge in [-0.25, -0.2) is 4.79 Å². The molecule has 1 aliphatic carbocycles. The van der Waals surface area contributed by atoms with Gasteiger partial charge in [-0.1, -0.05) is 12.3 Å². The summed E-state index contributed by atoms with van der Waals surface area (Å²) < 4.78 is 0. The summed E-state index contributed by atoms with van der Waals surface area (Å²) in [7, 11) is 0. The topological polar surface area (TPSA) is 78.4 Å². The molecule has 0 aromatic carbocycles. The van der Waals surface area contributed by atoms with E-state index in [4.69, 9.17) is 11.5 Å². The highest BCUT2D eigenvalue weighted by atomic mass is 16.4. The van der Waals surface area contributed by atoms with Crippen LogP contribution in [0.2, 0.25) is 0 Å². The third-order valence-corrected chi connectivity index (χ3v) is 2.50. The van der Waals surface area contributed by atoms with Gasteiger partial charge in [0.2, 0.25) is 0 Å². The van der Waals surface area contributed by atoms with Crippen LogP contribution in [0, 0.1) is 18.3 Å². The summed E-state index contributed by atoms with van der Waals surface area (Å²) in [5.74, 6) is 0.946. The number of terminal acetylenes is 1. The molecule has 0 aromatic heterocycles. The van der Waals surface area contributed by atoms with E-state index < -0.39 is 17.9 Å². The summed E-state index contributed by atoms with van der Waals surface area (Å²) in [5, 5.41) is 13.9. The van der Waals surface area contributed by atoms with Crippen LogP contribution in [0.4, 0.5) is 4.79 Å². The predicted molar refractivity (Wildman–Crippen MR) is 54.1 cm³/mol. The Hall–Kier alpha value is -1.70. The van der Waals surface area contributed by atoms with Gasteiger partial charge in [0.15, 0.2) is 0 Å². The summed E-state index contributed by atoms with van der Waals surface area (Å²) in [6.07, 6.45) is 7.13. The van der Waals surface area contributed by atoms with Gasteiger partial charge in [0, 0.05) is 6.04 Å². The van der Waals surface area contributed by atoms with Gasteiger partial charge in [0.1, 0.15) is 0 Å². The Morgan fingerprint density at radius 3 is 2.80 bits per heavy atom.